The molecular formula is C15H19NO4. The van der Waals surface area contributed by atoms with Gasteiger partial charge in [0.1, 0.15) is 5.75 Å². The lowest BCUT2D eigenvalue weighted by Crippen LogP contribution is -2.25. The number of carboxylic acids is 1. The second-order valence-electron chi connectivity index (χ2n) is 5.04. The Morgan fingerprint density at radius 2 is 1.95 bits per heavy atom. The first kappa shape index (κ1) is 14.4. The average molecular weight is 277 g/mol. The van der Waals surface area contributed by atoms with Crippen LogP contribution in [0.5, 0.6) is 5.75 Å². The maximum absolute atomic E-state index is 12.2. The van der Waals surface area contributed by atoms with E-state index in [1.807, 2.05) is 0 Å². The van der Waals surface area contributed by atoms with Gasteiger partial charge in [-0.1, -0.05) is 19.3 Å². The third kappa shape index (κ3) is 3.29. The zero-order chi connectivity index (χ0) is 14.5. The normalized spacial score (nSPS) is 15.7. The van der Waals surface area contributed by atoms with Crippen LogP contribution in [0, 0.1) is 5.92 Å². The van der Waals surface area contributed by atoms with E-state index in [9.17, 15) is 14.7 Å². The Morgan fingerprint density at radius 1 is 1.25 bits per heavy atom. The van der Waals surface area contributed by atoms with Crippen LogP contribution in [0.15, 0.2) is 18.2 Å². The number of hydrogen-bond donors (Lipinski definition) is 2. The lowest BCUT2D eigenvalue weighted by molar-refractivity contribution is -0.120. The van der Waals surface area contributed by atoms with Gasteiger partial charge in [-0.25, -0.2) is 4.79 Å². The van der Waals surface area contributed by atoms with Crippen LogP contribution in [0.4, 0.5) is 5.69 Å². The molecule has 20 heavy (non-hydrogen) atoms. The molecule has 1 aromatic rings. The molecule has 1 fully saturated rings. The quantitative estimate of drug-likeness (QED) is 0.887. The van der Waals surface area contributed by atoms with E-state index in [2.05, 4.69) is 5.32 Å². The van der Waals surface area contributed by atoms with E-state index in [0.717, 1.165) is 25.7 Å². The lowest BCUT2D eigenvalue weighted by Gasteiger charge is -2.21. The molecule has 0 aliphatic heterocycles. The molecule has 0 spiro atoms. The predicted molar refractivity (Wildman–Crippen MR) is 75.2 cm³/mol. The van der Waals surface area contributed by atoms with Crippen LogP contribution in [-0.2, 0) is 4.79 Å². The number of anilines is 1. The maximum Gasteiger partial charge on any atom is 0.337 e. The second-order valence-corrected chi connectivity index (χ2v) is 5.04. The summed E-state index contributed by atoms with van der Waals surface area (Å²) in [4.78, 5) is 23.4. The van der Waals surface area contributed by atoms with Gasteiger partial charge in [-0.15, -0.1) is 0 Å². The number of nitrogens with one attached hydrogen (secondary N) is 1. The van der Waals surface area contributed by atoms with E-state index >= 15 is 0 Å². The van der Waals surface area contributed by atoms with Crippen LogP contribution in [0.3, 0.4) is 0 Å². The third-order valence-electron chi connectivity index (χ3n) is 3.69. The largest absolute Gasteiger partial charge is 0.497 e. The van der Waals surface area contributed by atoms with Crippen molar-refractivity contribution in [2.75, 3.05) is 12.4 Å². The van der Waals surface area contributed by atoms with Crippen molar-refractivity contribution in [3.8, 4) is 5.75 Å². The molecule has 0 unspecified atom stereocenters. The van der Waals surface area contributed by atoms with Crippen molar-refractivity contribution in [1.29, 1.82) is 0 Å². The summed E-state index contributed by atoms with van der Waals surface area (Å²) in [7, 11) is 1.47. The Morgan fingerprint density at radius 3 is 2.55 bits per heavy atom. The monoisotopic (exact) mass is 277 g/mol. The Balaban J connectivity index is 2.15. The number of carboxylic acid groups (broad SMARTS) is 1. The molecular weight excluding hydrogens is 258 g/mol. The second kappa shape index (κ2) is 6.41. The van der Waals surface area contributed by atoms with Gasteiger partial charge in [-0.05, 0) is 31.0 Å². The molecule has 5 heteroatoms. The van der Waals surface area contributed by atoms with Crippen molar-refractivity contribution in [2.24, 2.45) is 5.92 Å². The number of hydrogen-bond acceptors (Lipinski definition) is 3. The summed E-state index contributed by atoms with van der Waals surface area (Å²) >= 11 is 0. The molecule has 0 radical (unpaired) electrons. The Kier molecular flexibility index (Phi) is 4.61. The van der Waals surface area contributed by atoms with Crippen LogP contribution in [-0.4, -0.2) is 24.1 Å². The van der Waals surface area contributed by atoms with Crippen molar-refractivity contribution >= 4 is 17.6 Å². The van der Waals surface area contributed by atoms with Gasteiger partial charge in [0.15, 0.2) is 0 Å². The summed E-state index contributed by atoms with van der Waals surface area (Å²) in [6.07, 6.45) is 5.06. The Labute approximate surface area is 117 Å². The van der Waals surface area contributed by atoms with E-state index in [4.69, 9.17) is 4.74 Å². The highest BCUT2D eigenvalue weighted by molar-refractivity contribution is 6.01. The number of carbonyl (C=O) groups excluding carboxylic acids is 1. The summed E-state index contributed by atoms with van der Waals surface area (Å²) < 4.78 is 5.01. The molecule has 5 nitrogen and oxygen atoms in total. The highest BCUT2D eigenvalue weighted by atomic mass is 16.5. The van der Waals surface area contributed by atoms with Gasteiger partial charge < -0.3 is 15.2 Å². The average Bonchev–Trinajstić information content (AvgIpc) is 2.48. The third-order valence-corrected chi connectivity index (χ3v) is 3.69. The molecule has 0 saturated heterocycles. The molecule has 1 aromatic carbocycles. The van der Waals surface area contributed by atoms with E-state index in [-0.39, 0.29) is 17.4 Å². The molecule has 1 aliphatic rings. The molecule has 0 bridgehead atoms. The lowest BCUT2D eigenvalue weighted by atomic mass is 9.88. The SMILES string of the molecule is COc1ccc(NC(=O)C2CCCCC2)c(C(=O)O)c1. The molecule has 1 amide bonds. The first-order valence-electron chi connectivity index (χ1n) is 6.84. The molecule has 2 N–H and O–H groups in total. The van der Waals surface area contributed by atoms with Gasteiger partial charge in [0.05, 0.1) is 18.4 Å². The van der Waals surface area contributed by atoms with Crippen LogP contribution in [0.25, 0.3) is 0 Å². The van der Waals surface area contributed by atoms with Crippen LogP contribution >= 0.6 is 0 Å². The minimum Gasteiger partial charge on any atom is -0.497 e. The van der Waals surface area contributed by atoms with Gasteiger partial charge >= 0.3 is 5.97 Å². The van der Waals surface area contributed by atoms with Gasteiger partial charge in [0.2, 0.25) is 5.91 Å². The van der Waals surface area contributed by atoms with Crippen molar-refractivity contribution in [1.82, 2.24) is 0 Å². The molecule has 108 valence electrons. The van der Waals surface area contributed by atoms with Crippen LogP contribution in [0.1, 0.15) is 42.5 Å². The first-order chi connectivity index (χ1) is 9.61. The number of amides is 1. The van der Waals surface area contributed by atoms with Crippen molar-refractivity contribution in [3.63, 3.8) is 0 Å². The topological polar surface area (TPSA) is 75.6 Å². The van der Waals surface area contributed by atoms with Gasteiger partial charge in [0.25, 0.3) is 0 Å². The number of aromatic carboxylic acids is 1. The van der Waals surface area contributed by atoms with Crippen LogP contribution < -0.4 is 10.1 Å². The smallest absolute Gasteiger partial charge is 0.337 e. The highest BCUT2D eigenvalue weighted by Crippen LogP contribution is 2.27. The number of ether oxygens (including phenoxy) is 1. The van der Waals surface area contributed by atoms with Crippen molar-refractivity contribution in [3.05, 3.63) is 23.8 Å². The highest BCUT2D eigenvalue weighted by Gasteiger charge is 2.22. The molecule has 0 atom stereocenters. The predicted octanol–water partition coefficient (Wildman–Crippen LogP) is 2.91. The Bertz CT molecular complexity index is 507. The van der Waals surface area contributed by atoms with E-state index in [1.54, 1.807) is 12.1 Å². The van der Waals surface area contributed by atoms with Crippen molar-refractivity contribution in [2.45, 2.75) is 32.1 Å². The zero-order valence-corrected chi connectivity index (χ0v) is 11.5. The number of carbonyl (C=O) groups is 2. The molecule has 1 aliphatic carbocycles. The minimum absolute atomic E-state index is 0.00695. The van der Waals surface area contributed by atoms with Gasteiger partial charge in [0, 0.05) is 5.92 Å². The first-order valence-corrected chi connectivity index (χ1v) is 6.84. The molecule has 0 heterocycles. The fourth-order valence-electron chi connectivity index (χ4n) is 2.54. The molecule has 1 saturated carbocycles. The number of methoxy groups -OCH3 is 1. The number of rotatable bonds is 4. The summed E-state index contributed by atoms with van der Waals surface area (Å²) in [5.74, 6) is -0.717. The fraction of sp³-hybridized carbons (Fsp3) is 0.467. The number of benzene rings is 1. The fourth-order valence-corrected chi connectivity index (χ4v) is 2.54. The van der Waals surface area contributed by atoms with Gasteiger partial charge in [-0.3, -0.25) is 4.79 Å². The summed E-state index contributed by atoms with van der Waals surface area (Å²) in [5.41, 5.74) is 0.377. The molecule has 2 rings (SSSR count). The van der Waals surface area contributed by atoms with E-state index in [0.29, 0.717) is 11.4 Å². The zero-order valence-electron chi connectivity index (χ0n) is 11.5. The molecule has 0 aromatic heterocycles. The van der Waals surface area contributed by atoms with Crippen LogP contribution in [0.2, 0.25) is 0 Å². The van der Waals surface area contributed by atoms with Crippen molar-refractivity contribution < 1.29 is 19.4 Å². The summed E-state index contributed by atoms with van der Waals surface area (Å²) in [6.45, 7) is 0. The summed E-state index contributed by atoms with van der Waals surface area (Å²) in [5, 5.41) is 11.9. The standard InChI is InChI=1S/C15H19NO4/c1-20-11-7-8-13(12(9-11)15(18)19)16-14(17)10-5-3-2-4-6-10/h7-10H,2-6H2,1H3,(H,16,17)(H,18,19). The summed E-state index contributed by atoms with van der Waals surface area (Å²) in [6, 6.07) is 4.63. The Hall–Kier alpha value is -2.04. The van der Waals surface area contributed by atoms with E-state index < -0.39 is 5.97 Å². The van der Waals surface area contributed by atoms with E-state index in [1.165, 1.54) is 19.6 Å². The minimum atomic E-state index is -1.08. The maximum atomic E-state index is 12.2. The van der Waals surface area contributed by atoms with Gasteiger partial charge in [-0.2, -0.15) is 0 Å².